The van der Waals surface area contributed by atoms with E-state index in [2.05, 4.69) is 14.2 Å². The summed E-state index contributed by atoms with van der Waals surface area (Å²) in [6.45, 7) is 1.83. The van der Waals surface area contributed by atoms with Gasteiger partial charge in [0.1, 0.15) is 4.75 Å². The van der Waals surface area contributed by atoms with Gasteiger partial charge in [0, 0.05) is 0 Å². The second-order valence-corrected chi connectivity index (χ2v) is 3.63. The number of thiazole rings is 1. The van der Waals surface area contributed by atoms with E-state index in [0.29, 0.717) is 0 Å². The van der Waals surface area contributed by atoms with Gasteiger partial charge in [-0.3, -0.25) is 0 Å². The molecule has 0 bridgehead atoms. The molecule has 4 heteroatoms. The summed E-state index contributed by atoms with van der Waals surface area (Å²) in [5.74, 6) is 0.153. The van der Waals surface area contributed by atoms with Gasteiger partial charge in [0.25, 0.3) is 0 Å². The fourth-order valence-corrected chi connectivity index (χ4v) is 1.64. The second-order valence-electron chi connectivity index (χ2n) is 1.43. The van der Waals surface area contributed by atoms with Crippen LogP contribution < -0.4 is 4.75 Å². The predicted molar refractivity (Wildman–Crippen MR) is 37.9 cm³/mol. The normalized spacial score (nSPS) is 9.75. The number of aryl methyl sites for hydroxylation is 1. The third-order valence-corrected chi connectivity index (χ3v) is 2.06. The van der Waals surface area contributed by atoms with Crippen molar-refractivity contribution >= 4 is 25.3 Å². The number of aromatic nitrogens is 1. The summed E-state index contributed by atoms with van der Waals surface area (Å²) in [5.41, 5.74) is 0. The third-order valence-electron chi connectivity index (χ3n) is 0.789. The lowest BCUT2D eigenvalue weighted by Crippen LogP contribution is -1.81. The summed E-state index contributed by atoms with van der Waals surface area (Å²) in [6.07, 6.45) is 0. The molecular formula is C4H6NOPS. The molecule has 1 heterocycles. The molecule has 1 N–H and O–H groups in total. The molecule has 0 saturated heterocycles. The lowest BCUT2D eigenvalue weighted by Gasteiger charge is -1.77. The van der Waals surface area contributed by atoms with Crippen molar-refractivity contribution < 1.29 is 5.11 Å². The minimum atomic E-state index is 0.153. The van der Waals surface area contributed by atoms with Gasteiger partial charge in [0.2, 0.25) is 5.88 Å². The van der Waals surface area contributed by atoms with Gasteiger partial charge >= 0.3 is 0 Å². The van der Waals surface area contributed by atoms with Crippen LogP contribution in [0.15, 0.2) is 0 Å². The van der Waals surface area contributed by atoms with Crippen LogP contribution in [0.1, 0.15) is 4.88 Å². The molecule has 1 atom stereocenters. The number of rotatable bonds is 0. The van der Waals surface area contributed by atoms with Crippen LogP contribution in [0.2, 0.25) is 0 Å². The average molecular weight is 147 g/mol. The van der Waals surface area contributed by atoms with Gasteiger partial charge in [-0.05, 0) is 6.92 Å². The summed E-state index contributed by atoms with van der Waals surface area (Å²) in [4.78, 5) is 4.62. The Labute approximate surface area is 53.8 Å². The first-order valence-corrected chi connectivity index (χ1v) is 3.51. The Morgan fingerprint density at radius 1 is 1.75 bits per heavy atom. The summed E-state index contributed by atoms with van der Waals surface area (Å²) in [7, 11) is 2.43. The van der Waals surface area contributed by atoms with Crippen LogP contribution in [-0.4, -0.2) is 10.1 Å². The highest BCUT2D eigenvalue weighted by Crippen LogP contribution is 2.16. The van der Waals surface area contributed by atoms with Crippen LogP contribution in [0.25, 0.3) is 0 Å². The Kier molecular flexibility index (Phi) is 1.49. The average Bonchev–Trinajstić information content (AvgIpc) is 1.85. The van der Waals surface area contributed by atoms with E-state index in [-0.39, 0.29) is 5.88 Å². The van der Waals surface area contributed by atoms with E-state index >= 15 is 0 Å². The van der Waals surface area contributed by atoms with Crippen molar-refractivity contribution in [3.63, 3.8) is 0 Å². The zero-order valence-electron chi connectivity index (χ0n) is 4.38. The first-order chi connectivity index (χ1) is 3.70. The lowest BCUT2D eigenvalue weighted by atomic mass is 10.6. The Bertz CT molecular complexity index is 178. The van der Waals surface area contributed by atoms with E-state index in [4.69, 9.17) is 5.11 Å². The Morgan fingerprint density at radius 3 is 2.50 bits per heavy atom. The predicted octanol–water partition coefficient (Wildman–Crippen LogP) is 0.658. The number of aromatic hydroxyl groups is 1. The molecule has 0 fully saturated rings. The molecule has 0 saturated carbocycles. The quantitative estimate of drug-likeness (QED) is 0.547. The van der Waals surface area contributed by atoms with Crippen molar-refractivity contribution in [1.29, 1.82) is 0 Å². The monoisotopic (exact) mass is 147 g/mol. The molecule has 0 aliphatic heterocycles. The lowest BCUT2D eigenvalue weighted by molar-refractivity contribution is 0.455. The first kappa shape index (κ1) is 5.99. The van der Waals surface area contributed by atoms with Gasteiger partial charge in [0.05, 0.1) is 4.88 Å². The van der Waals surface area contributed by atoms with E-state index < -0.39 is 0 Å². The molecule has 2 nitrogen and oxygen atoms in total. The number of nitrogens with zero attached hydrogens (tertiary/aromatic N) is 1. The highest BCUT2D eigenvalue weighted by Gasteiger charge is 1.99. The van der Waals surface area contributed by atoms with E-state index in [1.807, 2.05) is 6.92 Å². The highest BCUT2D eigenvalue weighted by atomic mass is 32.1. The first-order valence-electron chi connectivity index (χ1n) is 2.12. The SMILES string of the molecule is Cc1sc(P)nc1O. The minimum Gasteiger partial charge on any atom is -0.492 e. The van der Waals surface area contributed by atoms with Crippen molar-refractivity contribution in [3.05, 3.63) is 4.88 Å². The van der Waals surface area contributed by atoms with Crippen LogP contribution in [0, 0.1) is 6.92 Å². The third kappa shape index (κ3) is 0.984. The summed E-state index contributed by atoms with van der Waals surface area (Å²) >= 11 is 1.47. The van der Waals surface area contributed by atoms with Gasteiger partial charge in [-0.25, -0.2) is 4.98 Å². The molecule has 1 rings (SSSR count). The largest absolute Gasteiger partial charge is 0.492 e. The van der Waals surface area contributed by atoms with Gasteiger partial charge in [-0.2, -0.15) is 0 Å². The molecule has 1 aromatic rings. The Morgan fingerprint density at radius 2 is 2.38 bits per heavy atom. The maximum Gasteiger partial charge on any atom is 0.225 e. The number of hydrogen-bond donors (Lipinski definition) is 1. The fraction of sp³-hybridized carbons (Fsp3) is 0.250. The van der Waals surface area contributed by atoms with Crippen molar-refractivity contribution in [1.82, 2.24) is 4.98 Å². The molecule has 1 unspecified atom stereocenters. The van der Waals surface area contributed by atoms with Gasteiger partial charge < -0.3 is 5.11 Å². The fourth-order valence-electron chi connectivity index (χ4n) is 0.408. The molecule has 0 aromatic carbocycles. The van der Waals surface area contributed by atoms with E-state index in [9.17, 15) is 0 Å². The van der Waals surface area contributed by atoms with Crippen LogP contribution in [-0.2, 0) is 0 Å². The van der Waals surface area contributed by atoms with Crippen LogP contribution in [0.3, 0.4) is 0 Å². The van der Waals surface area contributed by atoms with Crippen LogP contribution in [0.4, 0.5) is 0 Å². The van der Waals surface area contributed by atoms with Crippen molar-refractivity contribution in [2.45, 2.75) is 6.92 Å². The summed E-state index contributed by atoms with van der Waals surface area (Å²) in [6, 6.07) is 0. The smallest absolute Gasteiger partial charge is 0.225 e. The van der Waals surface area contributed by atoms with Crippen molar-refractivity contribution in [2.75, 3.05) is 0 Å². The summed E-state index contributed by atoms with van der Waals surface area (Å²) in [5, 5.41) is 8.83. The van der Waals surface area contributed by atoms with E-state index in [1.54, 1.807) is 0 Å². The molecule has 0 spiro atoms. The standard InChI is InChI=1S/C4H6NOPS/c1-2-3(6)5-4(7)8-2/h6H,7H2,1H3. The van der Waals surface area contributed by atoms with E-state index in [1.165, 1.54) is 11.3 Å². The molecule has 0 amide bonds. The maximum absolute atomic E-state index is 8.83. The highest BCUT2D eigenvalue weighted by molar-refractivity contribution is 7.42. The second kappa shape index (κ2) is 2.00. The van der Waals surface area contributed by atoms with E-state index in [0.717, 1.165) is 9.63 Å². The van der Waals surface area contributed by atoms with Crippen molar-refractivity contribution in [3.8, 4) is 5.88 Å². The Balaban J connectivity index is 3.14. The van der Waals surface area contributed by atoms with Crippen molar-refractivity contribution in [2.24, 2.45) is 0 Å². The van der Waals surface area contributed by atoms with Gasteiger partial charge in [-0.15, -0.1) is 11.3 Å². The Hall–Kier alpha value is -0.140. The molecule has 0 aliphatic carbocycles. The van der Waals surface area contributed by atoms with Gasteiger partial charge in [0.15, 0.2) is 0 Å². The molecule has 0 aliphatic rings. The molecular weight excluding hydrogens is 141 g/mol. The minimum absolute atomic E-state index is 0.153. The molecule has 1 aromatic heterocycles. The summed E-state index contributed by atoms with van der Waals surface area (Å²) < 4.78 is 0.833. The van der Waals surface area contributed by atoms with Gasteiger partial charge in [-0.1, -0.05) is 9.24 Å². The topological polar surface area (TPSA) is 33.1 Å². The van der Waals surface area contributed by atoms with Crippen LogP contribution in [0.5, 0.6) is 5.88 Å². The molecule has 0 radical (unpaired) electrons. The zero-order valence-corrected chi connectivity index (χ0v) is 6.35. The number of hydrogen-bond acceptors (Lipinski definition) is 3. The van der Waals surface area contributed by atoms with Crippen LogP contribution >= 0.6 is 20.6 Å². The zero-order chi connectivity index (χ0) is 6.15. The maximum atomic E-state index is 8.83. The molecule has 44 valence electrons. The molecule has 8 heavy (non-hydrogen) atoms.